The van der Waals surface area contributed by atoms with Crippen LogP contribution in [0.4, 0.5) is 5.69 Å². The zero-order chi connectivity index (χ0) is 14.7. The number of fused-ring (bicyclic) bond motifs is 1. The number of hydrogen-bond acceptors (Lipinski definition) is 3. The Morgan fingerprint density at radius 3 is 2.86 bits per heavy atom. The van der Waals surface area contributed by atoms with E-state index in [0.717, 1.165) is 22.5 Å². The molecule has 1 aromatic carbocycles. The summed E-state index contributed by atoms with van der Waals surface area (Å²) in [6.45, 7) is 0.599. The number of hydrogen-bond donors (Lipinski definition) is 1. The van der Waals surface area contributed by atoms with Crippen LogP contribution in [0.2, 0.25) is 0 Å². The summed E-state index contributed by atoms with van der Waals surface area (Å²) >= 11 is 1.60. The van der Waals surface area contributed by atoms with Crippen molar-refractivity contribution in [3.63, 3.8) is 0 Å². The molecule has 1 aliphatic heterocycles. The standard InChI is InChI=1S/C16H16N2O2S/c19-15(17-10-13-5-3-9-21-13)11-18-14-6-2-1-4-12(14)7-8-16(18)20/h1-6,9H,7-8,10-11H2,(H,17,19). The van der Waals surface area contributed by atoms with Crippen molar-refractivity contribution in [2.75, 3.05) is 11.4 Å². The zero-order valence-corrected chi connectivity index (χ0v) is 12.4. The second kappa shape index (κ2) is 6.10. The van der Waals surface area contributed by atoms with Gasteiger partial charge in [-0.1, -0.05) is 24.3 Å². The predicted molar refractivity (Wildman–Crippen MR) is 83.3 cm³/mol. The van der Waals surface area contributed by atoms with Crippen molar-refractivity contribution in [3.8, 4) is 0 Å². The quantitative estimate of drug-likeness (QED) is 0.942. The monoisotopic (exact) mass is 300 g/mol. The number of thiophene rings is 1. The number of nitrogens with zero attached hydrogens (tertiary/aromatic N) is 1. The number of anilines is 1. The molecule has 0 spiro atoms. The van der Waals surface area contributed by atoms with E-state index in [0.29, 0.717) is 13.0 Å². The van der Waals surface area contributed by atoms with E-state index in [9.17, 15) is 9.59 Å². The van der Waals surface area contributed by atoms with E-state index in [1.54, 1.807) is 16.2 Å². The SMILES string of the molecule is O=C(CN1C(=O)CCc2ccccc21)NCc1cccs1. The van der Waals surface area contributed by atoms with Crippen molar-refractivity contribution >= 4 is 28.8 Å². The molecule has 2 aromatic rings. The number of nitrogens with one attached hydrogen (secondary N) is 1. The van der Waals surface area contributed by atoms with Gasteiger partial charge in [0.2, 0.25) is 11.8 Å². The maximum absolute atomic E-state index is 12.1. The van der Waals surface area contributed by atoms with E-state index in [1.165, 1.54) is 0 Å². The Hall–Kier alpha value is -2.14. The van der Waals surface area contributed by atoms with Crippen LogP contribution in [-0.4, -0.2) is 18.4 Å². The maximum Gasteiger partial charge on any atom is 0.240 e. The molecule has 0 aliphatic carbocycles. The van der Waals surface area contributed by atoms with Gasteiger partial charge in [-0.2, -0.15) is 0 Å². The number of rotatable bonds is 4. The van der Waals surface area contributed by atoms with Crippen molar-refractivity contribution in [2.24, 2.45) is 0 Å². The molecular weight excluding hydrogens is 284 g/mol. The highest BCUT2D eigenvalue weighted by atomic mass is 32.1. The highest BCUT2D eigenvalue weighted by molar-refractivity contribution is 7.09. The molecule has 0 atom stereocenters. The summed E-state index contributed by atoms with van der Waals surface area (Å²) in [7, 11) is 0. The van der Waals surface area contributed by atoms with Gasteiger partial charge in [-0.05, 0) is 29.5 Å². The summed E-state index contributed by atoms with van der Waals surface area (Å²) in [4.78, 5) is 26.8. The Morgan fingerprint density at radius 1 is 1.19 bits per heavy atom. The number of carbonyl (C=O) groups is 2. The third-order valence-corrected chi connectivity index (χ3v) is 4.41. The molecule has 5 heteroatoms. The largest absolute Gasteiger partial charge is 0.350 e. The van der Waals surface area contributed by atoms with Crippen LogP contribution < -0.4 is 10.2 Å². The van der Waals surface area contributed by atoms with Gasteiger partial charge in [-0.25, -0.2) is 0 Å². The van der Waals surface area contributed by atoms with Crippen LogP contribution in [-0.2, 0) is 22.6 Å². The smallest absolute Gasteiger partial charge is 0.240 e. The molecule has 3 rings (SSSR count). The lowest BCUT2D eigenvalue weighted by Gasteiger charge is -2.28. The first-order chi connectivity index (χ1) is 10.2. The summed E-state index contributed by atoms with van der Waals surface area (Å²) in [6, 6.07) is 11.7. The van der Waals surface area contributed by atoms with Gasteiger partial charge < -0.3 is 10.2 Å². The number of aryl methyl sites for hydroxylation is 1. The Morgan fingerprint density at radius 2 is 2.05 bits per heavy atom. The topological polar surface area (TPSA) is 49.4 Å². The molecular formula is C16H16N2O2S. The molecule has 0 radical (unpaired) electrons. The van der Waals surface area contributed by atoms with Crippen LogP contribution in [0.25, 0.3) is 0 Å². The van der Waals surface area contributed by atoms with Gasteiger partial charge in [0, 0.05) is 17.0 Å². The van der Waals surface area contributed by atoms with Crippen molar-refractivity contribution in [3.05, 3.63) is 52.2 Å². The van der Waals surface area contributed by atoms with Crippen LogP contribution in [0.1, 0.15) is 16.9 Å². The van der Waals surface area contributed by atoms with Gasteiger partial charge in [0.15, 0.2) is 0 Å². The van der Waals surface area contributed by atoms with Gasteiger partial charge in [0.05, 0.1) is 6.54 Å². The minimum absolute atomic E-state index is 0.0139. The summed E-state index contributed by atoms with van der Waals surface area (Å²) in [5.74, 6) is -0.117. The normalized spacial score (nSPS) is 13.9. The molecule has 0 bridgehead atoms. The second-order valence-electron chi connectivity index (χ2n) is 4.96. The average Bonchev–Trinajstić information content (AvgIpc) is 3.01. The fraction of sp³-hybridized carbons (Fsp3) is 0.250. The summed E-state index contributed by atoms with van der Waals surface area (Å²) in [6.07, 6.45) is 1.22. The fourth-order valence-electron chi connectivity index (χ4n) is 2.47. The molecule has 1 aliphatic rings. The number of benzene rings is 1. The molecule has 0 fully saturated rings. The van der Waals surface area contributed by atoms with Crippen LogP contribution in [0.15, 0.2) is 41.8 Å². The van der Waals surface area contributed by atoms with E-state index in [-0.39, 0.29) is 18.4 Å². The summed E-state index contributed by atoms with van der Waals surface area (Å²) in [5, 5.41) is 4.84. The van der Waals surface area contributed by atoms with Crippen molar-refractivity contribution in [1.82, 2.24) is 5.32 Å². The van der Waals surface area contributed by atoms with E-state index >= 15 is 0 Å². The van der Waals surface area contributed by atoms with Gasteiger partial charge in [0.25, 0.3) is 0 Å². The molecule has 108 valence electrons. The van der Waals surface area contributed by atoms with Crippen LogP contribution >= 0.6 is 11.3 Å². The summed E-state index contributed by atoms with van der Waals surface area (Å²) in [5.41, 5.74) is 1.99. The average molecular weight is 300 g/mol. The molecule has 0 saturated carbocycles. The lowest BCUT2D eigenvalue weighted by Crippen LogP contribution is -2.42. The highest BCUT2D eigenvalue weighted by Crippen LogP contribution is 2.27. The van der Waals surface area contributed by atoms with E-state index in [1.807, 2.05) is 41.8 Å². The van der Waals surface area contributed by atoms with E-state index in [2.05, 4.69) is 5.32 Å². The van der Waals surface area contributed by atoms with Gasteiger partial charge >= 0.3 is 0 Å². The van der Waals surface area contributed by atoms with E-state index < -0.39 is 0 Å². The molecule has 2 heterocycles. The van der Waals surface area contributed by atoms with Gasteiger partial charge in [-0.15, -0.1) is 11.3 Å². The van der Waals surface area contributed by atoms with Crippen molar-refractivity contribution < 1.29 is 9.59 Å². The molecule has 1 aromatic heterocycles. The van der Waals surface area contributed by atoms with Gasteiger partial charge in [-0.3, -0.25) is 9.59 Å². The van der Waals surface area contributed by atoms with Crippen LogP contribution in [0.3, 0.4) is 0 Å². The first-order valence-electron chi connectivity index (χ1n) is 6.91. The molecule has 2 amide bonds. The Bertz CT molecular complexity index is 652. The number of amides is 2. The van der Waals surface area contributed by atoms with E-state index in [4.69, 9.17) is 0 Å². The number of carbonyl (C=O) groups excluding carboxylic acids is 2. The fourth-order valence-corrected chi connectivity index (χ4v) is 3.11. The first kappa shape index (κ1) is 13.8. The molecule has 1 N–H and O–H groups in total. The zero-order valence-electron chi connectivity index (χ0n) is 11.5. The second-order valence-corrected chi connectivity index (χ2v) is 6.00. The minimum atomic E-state index is -0.131. The maximum atomic E-state index is 12.1. The van der Waals surface area contributed by atoms with Crippen LogP contribution in [0, 0.1) is 0 Å². The predicted octanol–water partition coefficient (Wildman–Crippen LogP) is 2.34. The lowest BCUT2D eigenvalue weighted by molar-refractivity contribution is -0.124. The minimum Gasteiger partial charge on any atom is -0.350 e. The van der Waals surface area contributed by atoms with Crippen molar-refractivity contribution in [2.45, 2.75) is 19.4 Å². The Balaban J connectivity index is 1.66. The molecule has 0 saturated heterocycles. The highest BCUT2D eigenvalue weighted by Gasteiger charge is 2.25. The van der Waals surface area contributed by atoms with Crippen molar-refractivity contribution in [1.29, 1.82) is 0 Å². The Kier molecular flexibility index (Phi) is 4.01. The molecule has 0 unspecified atom stereocenters. The molecule has 21 heavy (non-hydrogen) atoms. The third-order valence-electron chi connectivity index (χ3n) is 3.53. The molecule has 4 nitrogen and oxygen atoms in total. The Labute approximate surface area is 127 Å². The lowest BCUT2D eigenvalue weighted by atomic mass is 10.0. The van der Waals surface area contributed by atoms with Crippen LogP contribution in [0.5, 0.6) is 0 Å². The number of para-hydroxylation sites is 1. The van der Waals surface area contributed by atoms with Gasteiger partial charge in [0.1, 0.15) is 6.54 Å². The first-order valence-corrected chi connectivity index (χ1v) is 7.79. The summed E-state index contributed by atoms with van der Waals surface area (Å²) < 4.78 is 0. The third kappa shape index (κ3) is 3.13.